The lowest BCUT2D eigenvalue weighted by atomic mass is 10.0. The van der Waals surface area contributed by atoms with Gasteiger partial charge in [-0.3, -0.25) is 0 Å². The van der Waals surface area contributed by atoms with Crippen molar-refractivity contribution in [3.05, 3.63) is 46.3 Å². The monoisotopic (exact) mass is 385 g/mol. The minimum atomic E-state index is -0.579. The Hall–Kier alpha value is -3.29. The van der Waals surface area contributed by atoms with Crippen molar-refractivity contribution >= 4 is 28.9 Å². The van der Waals surface area contributed by atoms with Crippen LogP contribution in [0.2, 0.25) is 0 Å². The fourth-order valence-corrected chi connectivity index (χ4v) is 3.32. The molecule has 148 valence electrons. The van der Waals surface area contributed by atoms with Crippen LogP contribution in [0.25, 0.3) is 10.9 Å². The molecule has 0 saturated carbocycles. The smallest absolute Gasteiger partial charge is 0.355 e. The maximum Gasteiger partial charge on any atom is 0.355 e. The molecule has 3 N–H and O–H groups in total. The maximum absolute atomic E-state index is 12.5. The number of carbonyl (C=O) groups excluding carboxylic acids is 3. The second-order valence-corrected chi connectivity index (χ2v) is 6.74. The Balaban J connectivity index is 1.81. The van der Waals surface area contributed by atoms with Crippen LogP contribution in [-0.2, 0) is 14.3 Å². The van der Waals surface area contributed by atoms with Gasteiger partial charge in [0.2, 0.25) is 0 Å². The first-order valence-corrected chi connectivity index (χ1v) is 9.05. The number of benzene rings is 1. The van der Waals surface area contributed by atoms with Crippen molar-refractivity contribution in [2.24, 2.45) is 0 Å². The van der Waals surface area contributed by atoms with E-state index in [2.05, 4.69) is 15.6 Å². The van der Waals surface area contributed by atoms with Gasteiger partial charge in [-0.1, -0.05) is 6.07 Å². The van der Waals surface area contributed by atoms with Gasteiger partial charge in [0.25, 0.3) is 0 Å². The molecule has 1 atom stereocenters. The summed E-state index contributed by atoms with van der Waals surface area (Å²) in [6, 6.07) is 4.70. The summed E-state index contributed by atoms with van der Waals surface area (Å²) < 4.78 is 10.4. The lowest BCUT2D eigenvalue weighted by Gasteiger charge is -2.26. The van der Waals surface area contributed by atoms with E-state index in [-0.39, 0.29) is 24.5 Å². The van der Waals surface area contributed by atoms with Crippen LogP contribution in [-0.4, -0.2) is 42.2 Å². The van der Waals surface area contributed by atoms with Crippen LogP contribution in [0.15, 0.2) is 29.5 Å². The molecule has 8 heteroatoms. The zero-order valence-electron chi connectivity index (χ0n) is 16.3. The zero-order valence-corrected chi connectivity index (χ0v) is 16.3. The molecule has 2 aromatic rings. The van der Waals surface area contributed by atoms with Crippen molar-refractivity contribution < 1.29 is 23.9 Å². The highest BCUT2D eigenvalue weighted by Crippen LogP contribution is 2.22. The minimum absolute atomic E-state index is 0.198. The average molecular weight is 385 g/mol. The summed E-state index contributed by atoms with van der Waals surface area (Å²) in [5.41, 5.74) is 3.73. The predicted octanol–water partition coefficient (Wildman–Crippen LogP) is 2.46. The number of ether oxygens (including phenoxy) is 2. The van der Waals surface area contributed by atoms with Crippen LogP contribution in [0.5, 0.6) is 0 Å². The molecule has 2 amide bonds. The van der Waals surface area contributed by atoms with Crippen molar-refractivity contribution in [2.45, 2.75) is 33.7 Å². The molecule has 8 nitrogen and oxygen atoms in total. The molecule has 1 aromatic carbocycles. The van der Waals surface area contributed by atoms with Crippen LogP contribution in [0.4, 0.5) is 4.79 Å². The summed E-state index contributed by atoms with van der Waals surface area (Å²) >= 11 is 0. The van der Waals surface area contributed by atoms with Crippen molar-refractivity contribution in [1.82, 2.24) is 15.6 Å². The topological polar surface area (TPSA) is 110 Å². The normalized spacial score (nSPS) is 16.6. The van der Waals surface area contributed by atoms with E-state index in [1.165, 1.54) is 0 Å². The summed E-state index contributed by atoms with van der Waals surface area (Å²) in [6.45, 7) is 7.26. The average Bonchev–Trinajstić information content (AvgIpc) is 3.03. The van der Waals surface area contributed by atoms with Gasteiger partial charge in [0.15, 0.2) is 0 Å². The van der Waals surface area contributed by atoms with Gasteiger partial charge in [0.05, 0.1) is 23.9 Å². The first-order valence-electron chi connectivity index (χ1n) is 9.05. The third-order valence-electron chi connectivity index (χ3n) is 4.52. The molecule has 1 aliphatic heterocycles. The van der Waals surface area contributed by atoms with Crippen molar-refractivity contribution in [3.63, 3.8) is 0 Å². The zero-order chi connectivity index (χ0) is 20.4. The van der Waals surface area contributed by atoms with Crippen molar-refractivity contribution in [2.75, 3.05) is 13.2 Å². The fraction of sp³-hybridized carbons (Fsp3) is 0.350. The van der Waals surface area contributed by atoms with Crippen LogP contribution in [0.3, 0.4) is 0 Å². The Bertz CT molecular complexity index is 989. The Kier molecular flexibility index (Phi) is 5.39. The Morgan fingerprint density at radius 3 is 2.57 bits per heavy atom. The number of carbonyl (C=O) groups is 3. The molecule has 1 aliphatic rings. The molecule has 1 unspecified atom stereocenters. The lowest BCUT2D eigenvalue weighted by molar-refractivity contribution is -0.139. The van der Waals surface area contributed by atoms with Gasteiger partial charge in [-0.25, -0.2) is 14.4 Å². The highest BCUT2D eigenvalue weighted by Gasteiger charge is 2.30. The Morgan fingerprint density at radius 1 is 1.11 bits per heavy atom. The molecule has 3 rings (SSSR count). The number of fused-ring (bicyclic) bond motifs is 1. The number of aromatic amines is 1. The van der Waals surface area contributed by atoms with Gasteiger partial charge < -0.3 is 25.1 Å². The molecule has 0 radical (unpaired) electrons. The summed E-state index contributed by atoms with van der Waals surface area (Å²) in [5, 5.41) is 6.06. The summed E-state index contributed by atoms with van der Waals surface area (Å²) in [4.78, 5) is 39.5. The number of urea groups is 1. The van der Waals surface area contributed by atoms with Gasteiger partial charge in [-0.05, 0) is 51.0 Å². The third kappa shape index (κ3) is 3.85. The van der Waals surface area contributed by atoms with Crippen molar-refractivity contribution in [1.29, 1.82) is 0 Å². The third-order valence-corrected chi connectivity index (χ3v) is 4.52. The quantitative estimate of drug-likeness (QED) is 0.685. The van der Waals surface area contributed by atoms with E-state index in [0.29, 0.717) is 5.69 Å². The van der Waals surface area contributed by atoms with Crippen molar-refractivity contribution in [3.8, 4) is 0 Å². The molecule has 28 heavy (non-hydrogen) atoms. The highest BCUT2D eigenvalue weighted by atomic mass is 16.5. The maximum atomic E-state index is 12.5. The first-order chi connectivity index (χ1) is 13.3. The predicted molar refractivity (Wildman–Crippen MR) is 103 cm³/mol. The highest BCUT2D eigenvalue weighted by molar-refractivity contribution is 5.97. The van der Waals surface area contributed by atoms with Gasteiger partial charge in [-0.15, -0.1) is 0 Å². The van der Waals surface area contributed by atoms with E-state index >= 15 is 0 Å². The van der Waals surface area contributed by atoms with E-state index in [0.717, 1.165) is 22.0 Å². The van der Waals surface area contributed by atoms with Gasteiger partial charge in [0.1, 0.15) is 12.3 Å². The summed E-state index contributed by atoms with van der Waals surface area (Å²) in [5.74, 6) is -1.14. The van der Waals surface area contributed by atoms with Crippen LogP contribution in [0, 0.1) is 13.8 Å². The second kappa shape index (κ2) is 7.75. The molecule has 1 aromatic heterocycles. The number of aromatic nitrogens is 1. The molecule has 0 spiro atoms. The minimum Gasteiger partial charge on any atom is -0.463 e. The Labute approximate surface area is 162 Å². The fourth-order valence-electron chi connectivity index (χ4n) is 3.32. The van der Waals surface area contributed by atoms with Crippen LogP contribution in [0.1, 0.15) is 35.5 Å². The van der Waals surface area contributed by atoms with Gasteiger partial charge >= 0.3 is 18.0 Å². The summed E-state index contributed by atoms with van der Waals surface area (Å²) in [7, 11) is 0. The van der Waals surface area contributed by atoms with E-state index in [9.17, 15) is 14.4 Å². The number of H-pyrrole nitrogens is 1. The van der Waals surface area contributed by atoms with Gasteiger partial charge in [0, 0.05) is 10.9 Å². The number of amides is 2. The molecule has 2 heterocycles. The van der Waals surface area contributed by atoms with E-state index in [4.69, 9.17) is 9.47 Å². The number of rotatable bonds is 5. The van der Waals surface area contributed by atoms with E-state index in [1.54, 1.807) is 19.9 Å². The van der Waals surface area contributed by atoms with Crippen LogP contribution >= 0.6 is 0 Å². The number of esters is 2. The number of aryl methyl sites for hydroxylation is 2. The number of hydrogen-bond acceptors (Lipinski definition) is 5. The molecule has 0 fully saturated rings. The van der Waals surface area contributed by atoms with Crippen LogP contribution < -0.4 is 10.6 Å². The largest absolute Gasteiger partial charge is 0.463 e. The first kappa shape index (κ1) is 19.5. The van der Waals surface area contributed by atoms with E-state index in [1.807, 2.05) is 26.0 Å². The number of nitrogens with one attached hydrogen (secondary N) is 3. The molecular weight excluding hydrogens is 362 g/mol. The Morgan fingerprint density at radius 2 is 1.86 bits per heavy atom. The molecule has 0 bridgehead atoms. The van der Waals surface area contributed by atoms with Gasteiger partial charge in [-0.2, -0.15) is 0 Å². The molecular formula is C20H23N3O5. The number of hydrogen-bond donors (Lipinski definition) is 3. The second-order valence-electron chi connectivity index (χ2n) is 6.74. The lowest BCUT2D eigenvalue weighted by Crippen LogP contribution is -2.50. The molecule has 0 saturated heterocycles. The standard InChI is InChI=1S/C20H23N3O5/c1-5-27-19(25)17-12(4)21-20(26)23-16(17)9-28-18(24)15-8-13-11(3)6-10(2)7-14(13)22-15/h6-8,12,22H,5,9H2,1-4H3,(H2,21,23,26). The summed E-state index contributed by atoms with van der Waals surface area (Å²) in [6.07, 6.45) is 0. The SMILES string of the molecule is CCOC(=O)C1=C(COC(=O)c2cc3c(C)cc(C)cc3[nH]2)NC(=O)NC1C. The molecule has 0 aliphatic carbocycles. The van der Waals surface area contributed by atoms with E-state index < -0.39 is 24.0 Å².